The molecule has 11 heavy (non-hydrogen) atoms. The van der Waals surface area contributed by atoms with Crippen LogP contribution in [-0.4, -0.2) is 0 Å². The van der Waals surface area contributed by atoms with Gasteiger partial charge in [-0.05, 0) is 12.1 Å². The first-order valence-electron chi connectivity index (χ1n) is 2.73. The average molecular weight is 164 g/mol. The molecule has 0 heterocycles. The van der Waals surface area contributed by atoms with Crippen LogP contribution in [0.15, 0.2) is 30.3 Å². The third-order valence-corrected chi connectivity index (χ3v) is 1.35. The summed E-state index contributed by atoms with van der Waals surface area (Å²) in [6.45, 7) is 0. The van der Waals surface area contributed by atoms with Crippen molar-refractivity contribution in [2.24, 2.45) is 0 Å². The van der Waals surface area contributed by atoms with E-state index in [2.05, 4.69) is 4.52 Å². The summed E-state index contributed by atoms with van der Waals surface area (Å²) in [6, 6.07) is 8.37. The summed E-state index contributed by atoms with van der Waals surface area (Å²) in [5.41, 5.74) is 0. The summed E-state index contributed by atoms with van der Waals surface area (Å²) in [4.78, 5) is 10.0. The van der Waals surface area contributed by atoms with Gasteiger partial charge in [-0.25, -0.2) is 0 Å². The fourth-order valence-corrected chi connectivity index (χ4v) is 0.913. The summed E-state index contributed by atoms with van der Waals surface area (Å²) in [6.07, 6.45) is 0. The van der Waals surface area contributed by atoms with Crippen molar-refractivity contribution in [2.75, 3.05) is 0 Å². The average Bonchev–Trinajstić information content (AvgIpc) is 1.88. The van der Waals surface area contributed by atoms with Crippen molar-refractivity contribution in [1.82, 2.24) is 0 Å². The van der Waals surface area contributed by atoms with Crippen molar-refractivity contribution in [3.05, 3.63) is 30.3 Å². The van der Waals surface area contributed by atoms with Gasteiger partial charge in [-0.3, -0.25) is 4.57 Å². The largest absolute Gasteiger partial charge is 1.00 e. The van der Waals surface area contributed by atoms with Gasteiger partial charge in [-0.1, -0.05) is 18.2 Å². The number of hydrogen-bond donors (Lipinski definition) is 0. The molecule has 0 radical (unpaired) electrons. The standard InChI is InChI=1S/C6H7O3P.Li/c7-10(8)9-6-4-2-1-3-5-6;/h1-5,10H,(H,7,8);/q;+1/p-1. The maximum absolute atomic E-state index is 10.0. The molecule has 0 spiro atoms. The van der Waals surface area contributed by atoms with E-state index in [9.17, 15) is 9.46 Å². The molecule has 0 aliphatic rings. The molecule has 0 bridgehead atoms. The van der Waals surface area contributed by atoms with Crippen LogP contribution < -0.4 is 28.3 Å². The summed E-state index contributed by atoms with van der Waals surface area (Å²) >= 11 is 0. The summed E-state index contributed by atoms with van der Waals surface area (Å²) in [5.74, 6) is 0.362. The Morgan fingerprint density at radius 1 is 1.27 bits per heavy atom. The van der Waals surface area contributed by atoms with Gasteiger partial charge in [0.05, 0.1) is 0 Å². The monoisotopic (exact) mass is 164 g/mol. The maximum Gasteiger partial charge on any atom is 1.00 e. The molecule has 54 valence electrons. The van der Waals surface area contributed by atoms with Gasteiger partial charge in [-0.15, -0.1) is 0 Å². The van der Waals surface area contributed by atoms with Crippen molar-refractivity contribution in [3.8, 4) is 5.75 Å². The normalized spacial score (nSPS) is 11.4. The van der Waals surface area contributed by atoms with E-state index < -0.39 is 8.25 Å². The smallest absolute Gasteiger partial charge is 0.771 e. The Morgan fingerprint density at radius 3 is 2.27 bits per heavy atom. The molecule has 3 nitrogen and oxygen atoms in total. The third-order valence-electron chi connectivity index (χ3n) is 0.944. The molecule has 0 N–H and O–H groups in total. The summed E-state index contributed by atoms with van der Waals surface area (Å²) in [5, 5.41) is 0. The van der Waals surface area contributed by atoms with Crippen LogP contribution in [0.5, 0.6) is 5.75 Å². The first kappa shape index (κ1) is 10.8. The van der Waals surface area contributed by atoms with Crippen LogP contribution in [0.2, 0.25) is 0 Å². The SMILES string of the molecule is O=[PH]([O-])Oc1ccccc1.[Li+]. The van der Waals surface area contributed by atoms with Crippen LogP contribution in [0.1, 0.15) is 0 Å². The molecule has 1 aromatic carbocycles. The zero-order chi connectivity index (χ0) is 7.40. The Hall–Kier alpha value is -0.193. The third kappa shape index (κ3) is 4.29. The Kier molecular flexibility index (Phi) is 5.36. The first-order chi connectivity index (χ1) is 4.79. The van der Waals surface area contributed by atoms with Gasteiger partial charge in [0.15, 0.2) is 8.25 Å². The predicted octanol–water partition coefficient (Wildman–Crippen LogP) is -2.18. The Balaban J connectivity index is 0.000001000. The molecule has 0 aromatic heterocycles. The van der Waals surface area contributed by atoms with Gasteiger partial charge in [0.2, 0.25) is 0 Å². The molecular formula is C6H6LiO3P. The zero-order valence-electron chi connectivity index (χ0n) is 6.11. The van der Waals surface area contributed by atoms with E-state index in [1.54, 1.807) is 30.3 Å². The number of para-hydroxylation sites is 1. The van der Waals surface area contributed by atoms with Crippen molar-refractivity contribution in [2.45, 2.75) is 0 Å². The topological polar surface area (TPSA) is 49.4 Å². The van der Waals surface area contributed by atoms with E-state index >= 15 is 0 Å². The zero-order valence-corrected chi connectivity index (χ0v) is 7.11. The first-order valence-corrected chi connectivity index (χ1v) is 3.95. The van der Waals surface area contributed by atoms with Gasteiger partial charge in [-0.2, -0.15) is 0 Å². The second-order valence-electron chi connectivity index (χ2n) is 1.67. The Morgan fingerprint density at radius 2 is 1.82 bits per heavy atom. The molecule has 5 heteroatoms. The van der Waals surface area contributed by atoms with Gasteiger partial charge >= 0.3 is 18.9 Å². The van der Waals surface area contributed by atoms with Gasteiger partial charge < -0.3 is 9.42 Å². The summed E-state index contributed by atoms with van der Waals surface area (Å²) in [7, 11) is -3.09. The molecule has 0 amide bonds. The molecule has 0 aliphatic heterocycles. The van der Waals surface area contributed by atoms with Gasteiger partial charge in [0, 0.05) is 0 Å². The van der Waals surface area contributed by atoms with Crippen molar-refractivity contribution >= 4 is 8.25 Å². The minimum atomic E-state index is -3.09. The predicted molar refractivity (Wildman–Crippen MR) is 36.1 cm³/mol. The van der Waals surface area contributed by atoms with Crippen LogP contribution in [0.25, 0.3) is 0 Å². The van der Waals surface area contributed by atoms with Gasteiger partial charge in [0.25, 0.3) is 0 Å². The Bertz CT molecular complexity index is 227. The fourth-order valence-electron chi connectivity index (χ4n) is 0.585. The molecule has 1 aromatic rings. The molecule has 1 unspecified atom stereocenters. The number of rotatable bonds is 2. The molecule has 0 saturated carbocycles. The second kappa shape index (κ2) is 5.46. The molecule has 1 rings (SSSR count). The fraction of sp³-hybridized carbons (Fsp3) is 0. The minimum Gasteiger partial charge on any atom is -0.771 e. The van der Waals surface area contributed by atoms with Crippen LogP contribution in [0, 0.1) is 0 Å². The number of benzene rings is 1. The van der Waals surface area contributed by atoms with Gasteiger partial charge in [0.1, 0.15) is 5.75 Å². The van der Waals surface area contributed by atoms with E-state index in [-0.39, 0.29) is 18.9 Å². The summed E-state index contributed by atoms with van der Waals surface area (Å²) < 4.78 is 14.4. The molecule has 0 aliphatic carbocycles. The maximum atomic E-state index is 10.0. The van der Waals surface area contributed by atoms with Crippen LogP contribution >= 0.6 is 8.25 Å². The molecule has 0 saturated heterocycles. The molecule has 0 fully saturated rings. The van der Waals surface area contributed by atoms with E-state index in [1.165, 1.54) is 0 Å². The minimum absolute atomic E-state index is 0. The van der Waals surface area contributed by atoms with Crippen molar-refractivity contribution in [1.29, 1.82) is 0 Å². The molecule has 1 atom stereocenters. The second-order valence-corrected chi connectivity index (χ2v) is 2.37. The quantitative estimate of drug-likeness (QED) is 0.369. The molecular weight excluding hydrogens is 158 g/mol. The van der Waals surface area contributed by atoms with Crippen molar-refractivity contribution < 1.29 is 32.8 Å². The van der Waals surface area contributed by atoms with Crippen LogP contribution in [0.3, 0.4) is 0 Å². The van der Waals surface area contributed by atoms with E-state index in [0.29, 0.717) is 5.75 Å². The van der Waals surface area contributed by atoms with Crippen LogP contribution in [-0.2, 0) is 4.57 Å². The van der Waals surface area contributed by atoms with Crippen molar-refractivity contribution in [3.63, 3.8) is 0 Å². The Labute approximate surface area is 77.5 Å². The van der Waals surface area contributed by atoms with E-state index in [0.717, 1.165) is 0 Å². The van der Waals surface area contributed by atoms with E-state index in [1.807, 2.05) is 0 Å². The van der Waals surface area contributed by atoms with E-state index in [4.69, 9.17) is 0 Å². The van der Waals surface area contributed by atoms with Crippen LogP contribution in [0.4, 0.5) is 0 Å². The number of hydrogen-bond acceptors (Lipinski definition) is 3.